The molecule has 0 radical (unpaired) electrons. The summed E-state index contributed by atoms with van der Waals surface area (Å²) < 4.78 is 7.04. The quantitative estimate of drug-likeness (QED) is 0.738. The molecule has 0 unspecified atom stereocenters. The number of Topliss-reactive ketones (excluding diaryl/α,β-unsaturated/α-hetero) is 1. The van der Waals surface area contributed by atoms with Gasteiger partial charge in [0, 0.05) is 12.5 Å². The molecule has 4 nitrogen and oxygen atoms in total. The molecule has 17 heavy (non-hydrogen) atoms. The van der Waals surface area contributed by atoms with Crippen molar-refractivity contribution in [3.63, 3.8) is 0 Å². The number of aromatic nitrogens is 2. The molecule has 0 amide bonds. The summed E-state index contributed by atoms with van der Waals surface area (Å²) in [5.41, 5.74) is 0.668. The number of ketones is 1. The Morgan fingerprint density at radius 3 is 2.82 bits per heavy atom. The van der Waals surface area contributed by atoms with Crippen LogP contribution in [0.15, 0.2) is 6.20 Å². The van der Waals surface area contributed by atoms with E-state index >= 15 is 0 Å². The molecule has 1 aliphatic rings. The average molecular weight is 236 g/mol. The maximum absolute atomic E-state index is 12.4. The van der Waals surface area contributed by atoms with E-state index in [1.54, 1.807) is 18.0 Å². The van der Waals surface area contributed by atoms with Crippen LogP contribution in [-0.4, -0.2) is 22.7 Å². The molecule has 0 bridgehead atoms. The second-order valence-corrected chi connectivity index (χ2v) is 4.63. The molecule has 4 heteroatoms. The van der Waals surface area contributed by atoms with Crippen molar-refractivity contribution >= 4 is 5.78 Å². The predicted molar refractivity (Wildman–Crippen MR) is 65.4 cm³/mol. The Bertz CT molecular complexity index is 392. The maximum atomic E-state index is 12.4. The number of nitrogens with zero attached hydrogens (tertiary/aromatic N) is 2. The average Bonchev–Trinajstić information content (AvgIpc) is 2.97. The molecular weight excluding hydrogens is 216 g/mol. The van der Waals surface area contributed by atoms with Crippen LogP contribution >= 0.6 is 0 Å². The fourth-order valence-corrected chi connectivity index (χ4v) is 2.53. The zero-order valence-corrected chi connectivity index (χ0v) is 10.6. The van der Waals surface area contributed by atoms with Crippen LogP contribution in [0.4, 0.5) is 0 Å². The highest BCUT2D eigenvalue weighted by Gasteiger charge is 2.29. The predicted octanol–water partition coefficient (Wildman–Crippen LogP) is 2.67. The Kier molecular flexibility index (Phi) is 3.82. The van der Waals surface area contributed by atoms with Crippen molar-refractivity contribution in [3.05, 3.63) is 11.9 Å². The molecule has 0 N–H and O–H groups in total. The first-order valence-corrected chi connectivity index (χ1v) is 6.42. The Labute approximate surface area is 102 Å². The molecular formula is C13H20N2O2. The molecule has 1 heterocycles. The molecule has 1 aromatic heterocycles. The summed E-state index contributed by atoms with van der Waals surface area (Å²) in [6.45, 7) is 2.86. The fraction of sp³-hybridized carbons (Fsp3) is 0.692. The largest absolute Gasteiger partial charge is 0.493 e. The molecule has 0 atom stereocenters. The van der Waals surface area contributed by atoms with E-state index < -0.39 is 0 Å². The Morgan fingerprint density at radius 1 is 1.53 bits per heavy atom. The third kappa shape index (κ3) is 2.35. The lowest BCUT2D eigenvalue weighted by Crippen LogP contribution is -2.18. The van der Waals surface area contributed by atoms with Gasteiger partial charge in [-0.25, -0.2) is 0 Å². The highest BCUT2D eigenvalue weighted by atomic mass is 16.5. The van der Waals surface area contributed by atoms with E-state index in [4.69, 9.17) is 4.74 Å². The molecule has 0 aromatic carbocycles. The molecule has 2 rings (SSSR count). The van der Waals surface area contributed by atoms with Crippen LogP contribution in [0.25, 0.3) is 0 Å². The van der Waals surface area contributed by atoms with Crippen LogP contribution in [0.3, 0.4) is 0 Å². The summed E-state index contributed by atoms with van der Waals surface area (Å²) in [6.07, 6.45) is 6.98. The van der Waals surface area contributed by atoms with Crippen LogP contribution < -0.4 is 4.74 Å². The van der Waals surface area contributed by atoms with Gasteiger partial charge in [-0.05, 0) is 19.3 Å². The summed E-state index contributed by atoms with van der Waals surface area (Å²) in [7, 11) is 1.60. The molecule has 94 valence electrons. The van der Waals surface area contributed by atoms with Gasteiger partial charge in [0.1, 0.15) is 5.69 Å². The lowest BCUT2D eigenvalue weighted by Gasteiger charge is -2.11. The minimum absolute atomic E-state index is 0.177. The topological polar surface area (TPSA) is 44.1 Å². The van der Waals surface area contributed by atoms with Crippen LogP contribution in [-0.2, 0) is 6.54 Å². The molecule has 1 fully saturated rings. The monoisotopic (exact) mass is 236 g/mol. The molecule has 1 saturated carbocycles. The summed E-state index contributed by atoms with van der Waals surface area (Å²) in [4.78, 5) is 12.4. The number of hydrogen-bond acceptors (Lipinski definition) is 3. The Hall–Kier alpha value is -1.32. The van der Waals surface area contributed by atoms with Crippen LogP contribution in [0.1, 0.15) is 49.5 Å². The van der Waals surface area contributed by atoms with Gasteiger partial charge in [0.25, 0.3) is 0 Å². The van der Waals surface area contributed by atoms with Crippen molar-refractivity contribution in [1.82, 2.24) is 9.78 Å². The summed E-state index contributed by atoms with van der Waals surface area (Å²) in [5, 5.41) is 4.24. The number of rotatable bonds is 5. The first-order chi connectivity index (χ1) is 8.27. The molecule has 1 aliphatic carbocycles. The van der Waals surface area contributed by atoms with Gasteiger partial charge >= 0.3 is 0 Å². The molecule has 1 aromatic rings. The van der Waals surface area contributed by atoms with E-state index in [9.17, 15) is 4.79 Å². The zero-order valence-electron chi connectivity index (χ0n) is 10.6. The second-order valence-electron chi connectivity index (χ2n) is 4.63. The minimum Gasteiger partial charge on any atom is -0.493 e. The van der Waals surface area contributed by atoms with Gasteiger partial charge in [-0.1, -0.05) is 19.8 Å². The van der Waals surface area contributed by atoms with Gasteiger partial charge < -0.3 is 4.74 Å². The first kappa shape index (κ1) is 12.1. The summed E-state index contributed by atoms with van der Waals surface area (Å²) >= 11 is 0. The summed E-state index contributed by atoms with van der Waals surface area (Å²) in [6, 6.07) is 0. The number of aryl methyl sites for hydroxylation is 1. The van der Waals surface area contributed by atoms with Gasteiger partial charge in [-0.2, -0.15) is 5.10 Å². The third-order valence-electron chi connectivity index (χ3n) is 3.42. The van der Waals surface area contributed by atoms with Crippen molar-refractivity contribution in [2.24, 2.45) is 5.92 Å². The number of ether oxygens (including phenoxy) is 1. The van der Waals surface area contributed by atoms with Crippen molar-refractivity contribution < 1.29 is 9.53 Å². The Balaban J connectivity index is 2.27. The lowest BCUT2D eigenvalue weighted by atomic mass is 10.00. The Morgan fingerprint density at radius 2 is 2.24 bits per heavy atom. The molecule has 0 aliphatic heterocycles. The second kappa shape index (κ2) is 5.34. The van der Waals surface area contributed by atoms with E-state index in [2.05, 4.69) is 12.0 Å². The van der Waals surface area contributed by atoms with Gasteiger partial charge in [0.05, 0.1) is 13.3 Å². The highest BCUT2D eigenvalue weighted by molar-refractivity contribution is 5.98. The van der Waals surface area contributed by atoms with Gasteiger partial charge in [-0.3, -0.25) is 9.48 Å². The summed E-state index contributed by atoms with van der Waals surface area (Å²) in [5.74, 6) is 1.01. The number of carbonyl (C=O) groups excluding carboxylic acids is 1. The lowest BCUT2D eigenvalue weighted by molar-refractivity contribution is 0.0908. The standard InChI is InChI=1S/C13H20N2O2/c1-3-8-15-12(11(17-2)9-14-15)13(16)10-6-4-5-7-10/h9-10H,3-8H2,1-2H3. The normalized spacial score (nSPS) is 16.4. The van der Waals surface area contributed by atoms with Crippen LogP contribution in [0.2, 0.25) is 0 Å². The van der Waals surface area contributed by atoms with Crippen molar-refractivity contribution in [1.29, 1.82) is 0 Å². The van der Waals surface area contributed by atoms with Crippen LogP contribution in [0, 0.1) is 5.92 Å². The van der Waals surface area contributed by atoms with Gasteiger partial charge in [0.15, 0.2) is 11.5 Å². The smallest absolute Gasteiger partial charge is 0.187 e. The zero-order chi connectivity index (χ0) is 12.3. The minimum atomic E-state index is 0.177. The van der Waals surface area contributed by atoms with Crippen LogP contribution in [0.5, 0.6) is 5.75 Å². The molecule has 0 saturated heterocycles. The fourth-order valence-electron chi connectivity index (χ4n) is 2.53. The number of methoxy groups -OCH3 is 1. The van der Waals surface area contributed by atoms with Gasteiger partial charge in [-0.15, -0.1) is 0 Å². The van der Waals surface area contributed by atoms with E-state index in [1.807, 2.05) is 0 Å². The maximum Gasteiger partial charge on any atom is 0.187 e. The first-order valence-electron chi connectivity index (χ1n) is 6.42. The highest BCUT2D eigenvalue weighted by Crippen LogP contribution is 2.31. The number of hydrogen-bond donors (Lipinski definition) is 0. The van der Waals surface area contributed by atoms with Crippen molar-refractivity contribution in [3.8, 4) is 5.75 Å². The SMILES string of the molecule is CCCn1ncc(OC)c1C(=O)C1CCCC1. The van der Waals surface area contributed by atoms with Crippen molar-refractivity contribution in [2.75, 3.05) is 7.11 Å². The number of carbonyl (C=O) groups is 1. The van der Waals surface area contributed by atoms with Gasteiger partial charge in [0.2, 0.25) is 0 Å². The van der Waals surface area contributed by atoms with Crippen molar-refractivity contribution in [2.45, 2.75) is 45.6 Å². The third-order valence-corrected chi connectivity index (χ3v) is 3.42. The molecule has 0 spiro atoms. The van der Waals surface area contributed by atoms with E-state index in [0.717, 1.165) is 25.8 Å². The van der Waals surface area contributed by atoms with E-state index in [0.29, 0.717) is 11.4 Å². The van der Waals surface area contributed by atoms with E-state index in [1.165, 1.54) is 12.8 Å². The van der Waals surface area contributed by atoms with E-state index in [-0.39, 0.29) is 11.7 Å².